The Morgan fingerprint density at radius 3 is 2.00 bits per heavy atom. The van der Waals surface area contributed by atoms with Gasteiger partial charge in [-0.15, -0.1) is 9.88 Å². The molecule has 1 aliphatic heterocycles. The lowest BCUT2D eigenvalue weighted by molar-refractivity contribution is 0.354. The molecule has 0 aliphatic carbocycles. The fourth-order valence-corrected chi connectivity index (χ4v) is 4.28. The number of nitrogens with zero attached hydrogens (tertiary/aromatic N) is 4. The highest BCUT2D eigenvalue weighted by atomic mass is 31.2. The van der Waals surface area contributed by atoms with Crippen molar-refractivity contribution in [3.63, 3.8) is 0 Å². The van der Waals surface area contributed by atoms with Crippen molar-refractivity contribution in [2.75, 3.05) is 14.1 Å². The van der Waals surface area contributed by atoms with E-state index in [1.165, 1.54) is 9.56 Å². The van der Waals surface area contributed by atoms with Gasteiger partial charge in [-0.3, -0.25) is 4.57 Å². The molecule has 1 aliphatic rings. The normalized spacial score (nSPS) is 22.6. The van der Waals surface area contributed by atoms with Crippen molar-refractivity contribution in [1.82, 2.24) is 15.0 Å². The highest BCUT2D eigenvalue weighted by Crippen LogP contribution is 2.51. The molecule has 1 radical (unpaired) electrons. The van der Waals surface area contributed by atoms with E-state index >= 15 is 0 Å². The van der Waals surface area contributed by atoms with E-state index in [1.807, 2.05) is 60.7 Å². The molecule has 0 amide bonds. The fraction of sp³-hybridized carbons (Fsp3) is 0.133. The lowest BCUT2D eigenvalue weighted by Gasteiger charge is -2.36. The summed E-state index contributed by atoms with van der Waals surface area (Å²) in [6, 6.07) is 19.0. The molecule has 1 heterocycles. The molecule has 0 saturated heterocycles. The molecule has 0 spiro atoms. The maximum Gasteiger partial charge on any atom is 0.302 e. The molecule has 0 aromatic heterocycles. The summed E-state index contributed by atoms with van der Waals surface area (Å²) in [5, 5.41) is 5.13. The lowest BCUT2D eigenvalue weighted by Crippen LogP contribution is -2.43. The van der Waals surface area contributed by atoms with Gasteiger partial charge in [0.15, 0.2) is 5.84 Å². The number of amidine groups is 1. The molecule has 2 aromatic carbocycles. The van der Waals surface area contributed by atoms with Crippen LogP contribution >= 0.6 is 7.44 Å². The molecule has 107 valence electrons. The highest BCUT2D eigenvalue weighted by Gasteiger charge is 2.40. The van der Waals surface area contributed by atoms with Gasteiger partial charge in [0, 0.05) is 25.0 Å². The summed E-state index contributed by atoms with van der Waals surface area (Å²) in [6.45, 7) is 0. The zero-order valence-electron chi connectivity index (χ0n) is 11.9. The Balaban J connectivity index is 2.02. The van der Waals surface area contributed by atoms with Crippen molar-refractivity contribution >= 4 is 18.6 Å². The van der Waals surface area contributed by atoms with Crippen LogP contribution in [0.5, 0.6) is 0 Å². The van der Waals surface area contributed by atoms with Crippen molar-refractivity contribution in [3.05, 3.63) is 66.2 Å². The third kappa shape index (κ3) is 2.35. The van der Waals surface area contributed by atoms with Crippen LogP contribution in [0.3, 0.4) is 0 Å². The molecule has 6 heteroatoms. The predicted molar refractivity (Wildman–Crippen MR) is 84.3 cm³/mol. The number of hydrogen-bond donors (Lipinski definition) is 0. The molecule has 0 N–H and O–H groups in total. The minimum Gasteiger partial charge on any atom is -0.274 e. The van der Waals surface area contributed by atoms with Gasteiger partial charge in [0.25, 0.3) is 0 Å². The molecule has 21 heavy (non-hydrogen) atoms. The van der Waals surface area contributed by atoms with Gasteiger partial charge in [-0.2, -0.15) is 5.43 Å². The number of hydrogen-bond acceptors (Lipinski definition) is 2. The van der Waals surface area contributed by atoms with Crippen LogP contribution < -0.4 is 10.7 Å². The van der Waals surface area contributed by atoms with Gasteiger partial charge in [-0.25, -0.2) is 4.78 Å². The molecule has 1 atom stereocenters. The Labute approximate surface area is 124 Å². The lowest BCUT2D eigenvalue weighted by atomic mass is 10.2. The Morgan fingerprint density at radius 2 is 1.43 bits per heavy atom. The van der Waals surface area contributed by atoms with E-state index in [2.05, 4.69) is 10.5 Å². The zero-order valence-corrected chi connectivity index (χ0v) is 12.8. The third-order valence-electron chi connectivity index (χ3n) is 3.39. The van der Waals surface area contributed by atoms with E-state index < -0.39 is 7.44 Å². The quantitative estimate of drug-likeness (QED) is 0.799. The molecule has 5 nitrogen and oxygen atoms in total. The molecule has 2 aromatic rings. The van der Waals surface area contributed by atoms with E-state index in [0.29, 0.717) is 5.84 Å². The van der Waals surface area contributed by atoms with Crippen LogP contribution in [0.4, 0.5) is 0 Å². The van der Waals surface area contributed by atoms with Gasteiger partial charge in [-0.1, -0.05) is 48.5 Å². The molecule has 1 unspecified atom stereocenters. The summed E-state index contributed by atoms with van der Waals surface area (Å²) in [5.74, 6) is 0.558. The second kappa shape index (κ2) is 5.35. The van der Waals surface area contributed by atoms with Gasteiger partial charge < -0.3 is 0 Å². The molecular weight excluding hydrogens is 283 g/mol. The third-order valence-corrected chi connectivity index (χ3v) is 6.11. The Hall–Kier alpha value is -2.10. The standard InChI is InChI=1S/C15H16N4OP/c1-18-16-15(13-9-5-3-6-10-13)17-19(2)21(18,20)14-11-7-4-8-12-14/h3-12H,1-2H3. The number of hydrazone groups is 1. The largest absolute Gasteiger partial charge is 0.302 e. The Kier molecular flexibility index (Phi) is 3.53. The minimum absolute atomic E-state index is 0.558. The summed E-state index contributed by atoms with van der Waals surface area (Å²) in [4.78, 5) is 0. The first kappa shape index (κ1) is 13.9. The van der Waals surface area contributed by atoms with Crippen molar-refractivity contribution in [2.24, 2.45) is 5.10 Å². The molecule has 3 rings (SSSR count). The summed E-state index contributed by atoms with van der Waals surface area (Å²) in [7, 11) is 0.455. The van der Waals surface area contributed by atoms with Crippen molar-refractivity contribution in [3.8, 4) is 0 Å². The van der Waals surface area contributed by atoms with E-state index in [1.54, 1.807) is 14.1 Å². The maximum absolute atomic E-state index is 13.3. The van der Waals surface area contributed by atoms with Crippen LogP contribution in [0.2, 0.25) is 0 Å². The molecule has 0 fully saturated rings. The monoisotopic (exact) mass is 299 g/mol. The van der Waals surface area contributed by atoms with Crippen LogP contribution in [-0.4, -0.2) is 29.5 Å². The van der Waals surface area contributed by atoms with Crippen molar-refractivity contribution in [1.29, 1.82) is 0 Å². The van der Waals surface area contributed by atoms with E-state index in [0.717, 1.165) is 10.9 Å². The highest BCUT2D eigenvalue weighted by molar-refractivity contribution is 7.67. The first-order valence-corrected chi connectivity index (χ1v) is 8.23. The zero-order chi connectivity index (χ0) is 14.9. The van der Waals surface area contributed by atoms with Gasteiger partial charge in [0.1, 0.15) is 0 Å². The SMILES string of the molecule is CN1[N]C(c2ccccc2)=NN(C)P1(=O)c1ccccc1. The van der Waals surface area contributed by atoms with E-state index in [4.69, 9.17) is 0 Å². The molecule has 0 saturated carbocycles. The second-order valence-corrected chi connectivity index (χ2v) is 7.51. The molecule has 0 bridgehead atoms. The van der Waals surface area contributed by atoms with Crippen LogP contribution in [-0.2, 0) is 4.57 Å². The Morgan fingerprint density at radius 1 is 0.857 bits per heavy atom. The smallest absolute Gasteiger partial charge is 0.274 e. The summed E-state index contributed by atoms with van der Waals surface area (Å²) < 4.78 is 16.4. The second-order valence-electron chi connectivity index (χ2n) is 4.75. The van der Waals surface area contributed by atoms with Crippen LogP contribution in [0, 0.1) is 0 Å². The fourth-order valence-electron chi connectivity index (χ4n) is 2.26. The maximum atomic E-state index is 13.3. The first-order valence-electron chi connectivity index (χ1n) is 6.62. The van der Waals surface area contributed by atoms with Gasteiger partial charge in [0.05, 0.1) is 0 Å². The van der Waals surface area contributed by atoms with Crippen molar-refractivity contribution in [2.45, 2.75) is 0 Å². The topological polar surface area (TPSA) is 50.0 Å². The van der Waals surface area contributed by atoms with Gasteiger partial charge in [-0.05, 0) is 12.1 Å². The van der Waals surface area contributed by atoms with Gasteiger partial charge in [0.2, 0.25) is 0 Å². The number of benzene rings is 2. The van der Waals surface area contributed by atoms with Crippen LogP contribution in [0.15, 0.2) is 65.8 Å². The first-order chi connectivity index (χ1) is 10.1. The van der Waals surface area contributed by atoms with Crippen LogP contribution in [0.25, 0.3) is 0 Å². The van der Waals surface area contributed by atoms with E-state index in [9.17, 15) is 4.57 Å². The Bertz CT molecular complexity index is 702. The average Bonchev–Trinajstić information content (AvgIpc) is 2.54. The average molecular weight is 299 g/mol. The predicted octanol–water partition coefficient (Wildman–Crippen LogP) is 2.26. The van der Waals surface area contributed by atoms with Crippen LogP contribution in [0.1, 0.15) is 5.56 Å². The molecular formula is C15H16N4OP. The van der Waals surface area contributed by atoms with E-state index in [-0.39, 0.29) is 0 Å². The summed E-state index contributed by atoms with van der Waals surface area (Å²) >= 11 is 0. The van der Waals surface area contributed by atoms with Crippen molar-refractivity contribution < 1.29 is 4.57 Å². The van der Waals surface area contributed by atoms with Gasteiger partial charge >= 0.3 is 7.44 Å². The summed E-state index contributed by atoms with van der Waals surface area (Å²) in [5.41, 5.74) is 5.31. The summed E-state index contributed by atoms with van der Waals surface area (Å²) in [6.07, 6.45) is 0. The minimum atomic E-state index is -2.99. The number of rotatable bonds is 2.